The lowest BCUT2D eigenvalue weighted by atomic mass is 9.84. The van der Waals surface area contributed by atoms with Crippen LogP contribution >= 0.6 is 0 Å². The van der Waals surface area contributed by atoms with Gasteiger partial charge in [-0.05, 0) is 24.3 Å². The highest BCUT2D eigenvalue weighted by molar-refractivity contribution is 6.06. The van der Waals surface area contributed by atoms with Crippen molar-refractivity contribution in [2.45, 2.75) is 5.60 Å². The molecule has 0 unspecified atom stereocenters. The number of aliphatic hydroxyl groups is 1. The highest BCUT2D eigenvalue weighted by Crippen LogP contribution is 2.41. The van der Waals surface area contributed by atoms with Crippen LogP contribution in [0.25, 0.3) is 0 Å². The molecule has 3 rings (SSSR count). The molecule has 0 fully saturated rings. The minimum Gasteiger partial charge on any atom is -0.508 e. The van der Waals surface area contributed by atoms with Crippen molar-refractivity contribution in [3.05, 3.63) is 47.5 Å². The number of benzene rings is 2. The second kappa shape index (κ2) is 5.48. The van der Waals surface area contributed by atoms with Crippen LogP contribution in [0.4, 0.5) is 0 Å². The summed E-state index contributed by atoms with van der Waals surface area (Å²) in [5.74, 6) is 0.591. The van der Waals surface area contributed by atoms with Crippen molar-refractivity contribution in [2.75, 3.05) is 20.8 Å². The molecule has 1 aliphatic heterocycles. The maximum Gasteiger partial charge on any atom is 0.206 e. The molecular formula is C17H16O6. The van der Waals surface area contributed by atoms with Gasteiger partial charge in [-0.15, -0.1) is 0 Å². The quantitative estimate of drug-likeness (QED) is 0.899. The smallest absolute Gasteiger partial charge is 0.206 e. The van der Waals surface area contributed by atoms with Gasteiger partial charge in [0.05, 0.1) is 19.8 Å². The van der Waals surface area contributed by atoms with Gasteiger partial charge in [-0.2, -0.15) is 0 Å². The number of Topliss-reactive ketones (excluding diaryl/α,β-unsaturated/α-hetero) is 1. The molecular weight excluding hydrogens is 300 g/mol. The van der Waals surface area contributed by atoms with Crippen LogP contribution in [-0.4, -0.2) is 36.8 Å². The highest BCUT2D eigenvalue weighted by atomic mass is 16.5. The van der Waals surface area contributed by atoms with Crippen molar-refractivity contribution >= 4 is 5.78 Å². The van der Waals surface area contributed by atoms with Gasteiger partial charge in [0, 0.05) is 17.7 Å². The first-order valence-corrected chi connectivity index (χ1v) is 6.95. The Morgan fingerprint density at radius 2 is 1.91 bits per heavy atom. The Hall–Kier alpha value is -2.73. The van der Waals surface area contributed by atoms with Crippen molar-refractivity contribution in [1.82, 2.24) is 0 Å². The number of methoxy groups -OCH3 is 2. The van der Waals surface area contributed by atoms with E-state index < -0.39 is 11.4 Å². The van der Waals surface area contributed by atoms with Crippen LogP contribution in [0.5, 0.6) is 23.0 Å². The maximum atomic E-state index is 12.8. The third-order valence-corrected chi connectivity index (χ3v) is 3.88. The summed E-state index contributed by atoms with van der Waals surface area (Å²) in [6.45, 7) is -0.273. The van der Waals surface area contributed by atoms with Gasteiger partial charge in [0.25, 0.3) is 0 Å². The number of carbonyl (C=O) groups excluding carboxylic acids is 1. The van der Waals surface area contributed by atoms with Gasteiger partial charge in [-0.25, -0.2) is 0 Å². The fraction of sp³-hybridized carbons (Fsp3) is 0.235. The summed E-state index contributed by atoms with van der Waals surface area (Å²) < 4.78 is 15.9. The Labute approximate surface area is 132 Å². The zero-order valence-corrected chi connectivity index (χ0v) is 12.7. The first-order valence-electron chi connectivity index (χ1n) is 6.95. The van der Waals surface area contributed by atoms with Gasteiger partial charge in [0.1, 0.15) is 29.6 Å². The van der Waals surface area contributed by atoms with Gasteiger partial charge < -0.3 is 24.4 Å². The fourth-order valence-electron chi connectivity index (χ4n) is 2.63. The molecule has 1 heterocycles. The Morgan fingerprint density at radius 1 is 1.13 bits per heavy atom. The monoisotopic (exact) mass is 316 g/mol. The molecule has 0 bridgehead atoms. The molecule has 0 radical (unpaired) electrons. The van der Waals surface area contributed by atoms with E-state index in [-0.39, 0.29) is 23.7 Å². The number of fused-ring (bicyclic) bond motifs is 1. The standard InChI is InChI=1S/C17H16O6/c1-21-11-4-6-13(15(8-11)22-2)17(20)9-23-14-7-10(18)3-5-12(14)16(17)19/h3-8,18,20H,9H2,1-2H3/t17-/m0/s1. The van der Waals surface area contributed by atoms with E-state index in [0.717, 1.165) is 0 Å². The molecule has 0 saturated carbocycles. The van der Waals surface area contributed by atoms with E-state index in [2.05, 4.69) is 0 Å². The third kappa shape index (κ3) is 2.37. The average molecular weight is 316 g/mol. The van der Waals surface area contributed by atoms with Crippen LogP contribution in [0.1, 0.15) is 15.9 Å². The topological polar surface area (TPSA) is 85.2 Å². The van der Waals surface area contributed by atoms with Crippen LogP contribution < -0.4 is 14.2 Å². The van der Waals surface area contributed by atoms with Crippen molar-refractivity contribution in [3.63, 3.8) is 0 Å². The summed E-state index contributed by atoms with van der Waals surface area (Å²) in [4.78, 5) is 12.8. The lowest BCUT2D eigenvalue weighted by Gasteiger charge is -2.33. The predicted molar refractivity (Wildman–Crippen MR) is 81.4 cm³/mol. The van der Waals surface area contributed by atoms with E-state index >= 15 is 0 Å². The van der Waals surface area contributed by atoms with Crippen molar-refractivity contribution in [3.8, 4) is 23.0 Å². The lowest BCUT2D eigenvalue weighted by molar-refractivity contribution is -0.00634. The largest absolute Gasteiger partial charge is 0.508 e. The molecule has 2 aromatic rings. The Bertz CT molecular complexity index is 770. The molecule has 6 heteroatoms. The number of phenolic OH excluding ortho intramolecular Hbond substituents is 1. The average Bonchev–Trinajstić information content (AvgIpc) is 2.57. The zero-order chi connectivity index (χ0) is 16.6. The number of aromatic hydroxyl groups is 1. The van der Waals surface area contributed by atoms with Gasteiger partial charge in [-0.1, -0.05) is 0 Å². The van der Waals surface area contributed by atoms with E-state index in [9.17, 15) is 15.0 Å². The Balaban J connectivity index is 2.09. The number of hydrogen-bond donors (Lipinski definition) is 2. The lowest BCUT2D eigenvalue weighted by Crippen LogP contribution is -2.45. The SMILES string of the molecule is COc1ccc([C@@]2(O)COc3cc(O)ccc3C2=O)c(OC)c1. The molecule has 0 aliphatic carbocycles. The zero-order valence-electron chi connectivity index (χ0n) is 12.7. The van der Waals surface area contributed by atoms with E-state index in [0.29, 0.717) is 17.1 Å². The number of ether oxygens (including phenoxy) is 3. The number of rotatable bonds is 3. The fourth-order valence-corrected chi connectivity index (χ4v) is 2.63. The van der Waals surface area contributed by atoms with Crippen molar-refractivity contribution in [1.29, 1.82) is 0 Å². The summed E-state index contributed by atoms with van der Waals surface area (Å²) in [6.07, 6.45) is 0. The van der Waals surface area contributed by atoms with Gasteiger partial charge in [0.2, 0.25) is 5.78 Å². The van der Waals surface area contributed by atoms with Crippen LogP contribution in [0.3, 0.4) is 0 Å². The van der Waals surface area contributed by atoms with Crippen molar-refractivity contribution in [2.24, 2.45) is 0 Å². The molecule has 1 atom stereocenters. The van der Waals surface area contributed by atoms with Gasteiger partial charge >= 0.3 is 0 Å². The molecule has 0 aromatic heterocycles. The first kappa shape index (κ1) is 15.2. The Kier molecular flexibility index (Phi) is 3.61. The second-order valence-electron chi connectivity index (χ2n) is 5.22. The predicted octanol–water partition coefficient (Wildman–Crippen LogP) is 1.87. The summed E-state index contributed by atoms with van der Waals surface area (Å²) in [6, 6.07) is 8.94. The third-order valence-electron chi connectivity index (χ3n) is 3.88. The molecule has 0 spiro atoms. The van der Waals surface area contributed by atoms with Crippen LogP contribution in [-0.2, 0) is 5.60 Å². The summed E-state index contributed by atoms with van der Waals surface area (Å²) >= 11 is 0. The molecule has 1 aliphatic rings. The van der Waals surface area contributed by atoms with Crippen LogP contribution in [0.15, 0.2) is 36.4 Å². The van der Waals surface area contributed by atoms with Gasteiger partial charge in [0.15, 0.2) is 5.60 Å². The molecule has 2 N–H and O–H groups in total. The first-order chi connectivity index (χ1) is 11.0. The number of carbonyl (C=O) groups is 1. The molecule has 23 heavy (non-hydrogen) atoms. The minimum atomic E-state index is -1.87. The molecule has 2 aromatic carbocycles. The summed E-state index contributed by atoms with van der Waals surface area (Å²) in [5, 5.41) is 20.4. The minimum absolute atomic E-state index is 0.0102. The number of hydrogen-bond acceptors (Lipinski definition) is 6. The molecule has 0 saturated heterocycles. The molecule has 0 amide bonds. The normalized spacial score (nSPS) is 19.7. The summed E-state index contributed by atoms with van der Waals surface area (Å²) in [5.41, 5.74) is -1.37. The molecule has 6 nitrogen and oxygen atoms in total. The van der Waals surface area contributed by atoms with Crippen molar-refractivity contribution < 1.29 is 29.2 Å². The van der Waals surface area contributed by atoms with E-state index in [1.165, 1.54) is 32.4 Å². The van der Waals surface area contributed by atoms with E-state index in [1.54, 1.807) is 18.2 Å². The van der Waals surface area contributed by atoms with Crippen LogP contribution in [0, 0.1) is 0 Å². The second-order valence-corrected chi connectivity index (χ2v) is 5.22. The van der Waals surface area contributed by atoms with E-state index in [4.69, 9.17) is 14.2 Å². The number of ketones is 1. The number of phenols is 1. The van der Waals surface area contributed by atoms with E-state index in [1.807, 2.05) is 0 Å². The molecule has 120 valence electrons. The van der Waals surface area contributed by atoms with Gasteiger partial charge in [-0.3, -0.25) is 4.79 Å². The summed E-state index contributed by atoms with van der Waals surface area (Å²) in [7, 11) is 2.96. The maximum absolute atomic E-state index is 12.8. The highest BCUT2D eigenvalue weighted by Gasteiger charge is 2.46. The van der Waals surface area contributed by atoms with Crippen LogP contribution in [0.2, 0.25) is 0 Å². The Morgan fingerprint density at radius 3 is 2.61 bits per heavy atom.